The first-order valence-corrected chi connectivity index (χ1v) is 6.70. The van der Waals surface area contributed by atoms with Crippen LogP contribution < -0.4 is 9.47 Å². The third-order valence-corrected chi connectivity index (χ3v) is 3.12. The molecule has 0 aliphatic rings. The Labute approximate surface area is 113 Å². The Hall–Kier alpha value is -1.82. The number of hydrogen-bond acceptors (Lipinski definition) is 7. The fourth-order valence-corrected chi connectivity index (χ4v) is 2.30. The van der Waals surface area contributed by atoms with E-state index in [2.05, 4.69) is 14.5 Å². The van der Waals surface area contributed by atoms with E-state index >= 15 is 0 Å². The quantitative estimate of drug-likeness (QED) is 0.468. The highest BCUT2D eigenvalue weighted by atomic mass is 35.7. The van der Waals surface area contributed by atoms with Crippen LogP contribution in [0.2, 0.25) is 0 Å². The molecule has 0 aliphatic carbocycles. The third kappa shape index (κ3) is 3.60. The molecule has 1 rings (SSSR count). The van der Waals surface area contributed by atoms with Crippen LogP contribution in [0.3, 0.4) is 0 Å². The van der Waals surface area contributed by atoms with Gasteiger partial charge in [-0.1, -0.05) is 0 Å². The maximum absolute atomic E-state index is 12.1. The molecule has 0 saturated carbocycles. The number of nitro groups is 1. The third-order valence-electron chi connectivity index (χ3n) is 1.80. The molecule has 1 aromatic heterocycles. The molecule has 0 fully saturated rings. The van der Waals surface area contributed by atoms with Gasteiger partial charge < -0.3 is 9.47 Å². The van der Waals surface area contributed by atoms with Crippen molar-refractivity contribution in [3.05, 3.63) is 16.3 Å². The molecule has 0 amide bonds. The lowest BCUT2D eigenvalue weighted by Gasteiger charge is -2.11. The van der Waals surface area contributed by atoms with Crippen molar-refractivity contribution in [1.29, 1.82) is 0 Å². The number of hydrogen-bond donors (Lipinski definition) is 0. The summed E-state index contributed by atoms with van der Waals surface area (Å²) in [5.74, 6) is -2.26. The van der Waals surface area contributed by atoms with Gasteiger partial charge in [0.2, 0.25) is 16.5 Å². The number of halogens is 4. The van der Waals surface area contributed by atoms with Crippen LogP contribution in [0.4, 0.5) is 18.9 Å². The molecule has 1 aromatic rings. The van der Waals surface area contributed by atoms with E-state index in [4.69, 9.17) is 10.7 Å². The number of aromatic nitrogens is 1. The first kappa shape index (κ1) is 16.2. The van der Waals surface area contributed by atoms with E-state index < -0.39 is 42.5 Å². The van der Waals surface area contributed by atoms with Gasteiger partial charge in [0.05, 0.1) is 18.2 Å². The van der Waals surface area contributed by atoms with E-state index in [-0.39, 0.29) is 0 Å². The summed E-state index contributed by atoms with van der Waals surface area (Å²) >= 11 is 0. The molecule has 0 bridgehead atoms. The van der Waals surface area contributed by atoms with Crippen molar-refractivity contribution in [2.24, 2.45) is 0 Å². The highest BCUT2D eigenvalue weighted by Crippen LogP contribution is 2.41. The van der Waals surface area contributed by atoms with Gasteiger partial charge in [-0.25, -0.2) is 13.4 Å². The second-order valence-corrected chi connectivity index (χ2v) is 5.56. The number of pyridine rings is 1. The molecule has 0 saturated heterocycles. The van der Waals surface area contributed by atoms with Crippen molar-refractivity contribution >= 4 is 25.4 Å². The SMILES string of the molecule is COc1cnc(OC(F)(F)F)c(S(=O)(=O)Cl)c1[N+](=O)[O-]. The molecular weight excluding hydrogens is 333 g/mol. The number of methoxy groups -OCH3 is 1. The van der Waals surface area contributed by atoms with E-state index in [0.29, 0.717) is 6.20 Å². The first-order valence-electron chi connectivity index (χ1n) is 4.39. The number of nitrogens with zero attached hydrogens (tertiary/aromatic N) is 2. The Bertz CT molecular complexity index is 647. The second-order valence-electron chi connectivity index (χ2n) is 3.05. The Morgan fingerprint density at radius 3 is 2.35 bits per heavy atom. The summed E-state index contributed by atoms with van der Waals surface area (Å²) in [5.41, 5.74) is -1.31. The lowest BCUT2D eigenvalue weighted by molar-refractivity contribution is -0.389. The lowest BCUT2D eigenvalue weighted by atomic mass is 10.4. The van der Waals surface area contributed by atoms with Gasteiger partial charge in [0.15, 0.2) is 0 Å². The largest absolute Gasteiger partial charge is 0.574 e. The van der Waals surface area contributed by atoms with E-state index in [0.717, 1.165) is 7.11 Å². The molecule has 0 aromatic carbocycles. The number of ether oxygens (including phenoxy) is 2. The minimum Gasteiger partial charge on any atom is -0.489 e. The van der Waals surface area contributed by atoms with Gasteiger partial charge in [-0.15, -0.1) is 13.2 Å². The van der Waals surface area contributed by atoms with Crippen LogP contribution in [0.25, 0.3) is 0 Å². The summed E-state index contributed by atoms with van der Waals surface area (Å²) in [7, 11) is 0.874. The minimum atomic E-state index is -5.31. The molecule has 0 aliphatic heterocycles. The van der Waals surface area contributed by atoms with E-state index in [1.54, 1.807) is 0 Å². The molecular formula is C7H4ClF3N2O6S. The Morgan fingerprint density at radius 1 is 1.45 bits per heavy atom. The van der Waals surface area contributed by atoms with Gasteiger partial charge in [-0.3, -0.25) is 10.1 Å². The van der Waals surface area contributed by atoms with Crippen molar-refractivity contribution in [3.8, 4) is 11.6 Å². The Kier molecular flexibility index (Phi) is 4.29. The highest BCUT2D eigenvalue weighted by molar-refractivity contribution is 8.14. The molecule has 1 heterocycles. The summed E-state index contributed by atoms with van der Waals surface area (Å²) in [6.07, 6.45) is -4.81. The van der Waals surface area contributed by atoms with Crippen LogP contribution >= 0.6 is 10.7 Å². The average molecular weight is 337 g/mol. The summed E-state index contributed by atoms with van der Waals surface area (Å²) in [6.45, 7) is 0. The van der Waals surface area contributed by atoms with E-state index in [9.17, 15) is 31.7 Å². The second kappa shape index (κ2) is 5.28. The van der Waals surface area contributed by atoms with Crippen LogP contribution in [0.15, 0.2) is 11.1 Å². The van der Waals surface area contributed by atoms with Gasteiger partial charge in [0.1, 0.15) is 0 Å². The summed E-state index contributed by atoms with van der Waals surface area (Å²) < 4.78 is 66.7. The molecule has 0 N–H and O–H groups in total. The molecule has 0 atom stereocenters. The van der Waals surface area contributed by atoms with Crippen molar-refractivity contribution in [1.82, 2.24) is 4.98 Å². The summed E-state index contributed by atoms with van der Waals surface area (Å²) in [6, 6.07) is 0. The van der Waals surface area contributed by atoms with Gasteiger partial charge >= 0.3 is 12.0 Å². The minimum absolute atomic E-state index is 0.505. The van der Waals surface area contributed by atoms with E-state index in [1.807, 2.05) is 0 Å². The van der Waals surface area contributed by atoms with Gasteiger partial charge in [-0.05, 0) is 0 Å². The van der Waals surface area contributed by atoms with Crippen LogP contribution in [0, 0.1) is 10.1 Å². The number of alkyl halides is 3. The molecule has 0 unspecified atom stereocenters. The summed E-state index contributed by atoms with van der Waals surface area (Å²) in [4.78, 5) is 11.0. The van der Waals surface area contributed by atoms with Crippen LogP contribution in [0.5, 0.6) is 11.6 Å². The molecule has 8 nitrogen and oxygen atoms in total. The van der Waals surface area contributed by atoms with Crippen molar-refractivity contribution in [3.63, 3.8) is 0 Å². The molecule has 13 heteroatoms. The smallest absolute Gasteiger partial charge is 0.489 e. The average Bonchev–Trinajstić information content (AvgIpc) is 2.24. The zero-order valence-electron chi connectivity index (χ0n) is 9.34. The van der Waals surface area contributed by atoms with E-state index in [1.165, 1.54) is 0 Å². The maximum Gasteiger partial charge on any atom is 0.574 e. The van der Waals surface area contributed by atoms with Crippen LogP contribution in [0.1, 0.15) is 0 Å². The van der Waals surface area contributed by atoms with Crippen LogP contribution in [-0.2, 0) is 9.05 Å². The fraction of sp³-hybridized carbons (Fsp3) is 0.286. The topological polar surface area (TPSA) is 109 Å². The van der Waals surface area contributed by atoms with Crippen LogP contribution in [-0.4, -0.2) is 31.8 Å². The standard InChI is InChI=1S/C7H4ClF3N2O6S/c1-18-3-2-12-6(19-7(9,10)11)5(20(8,16)17)4(3)13(14)15/h2H,1H3. The lowest BCUT2D eigenvalue weighted by Crippen LogP contribution is -2.20. The Morgan fingerprint density at radius 2 is 2.00 bits per heavy atom. The van der Waals surface area contributed by atoms with Gasteiger partial charge in [0.25, 0.3) is 9.05 Å². The first-order chi connectivity index (χ1) is 8.97. The molecule has 0 spiro atoms. The predicted octanol–water partition coefficient (Wildman–Crippen LogP) is 1.82. The zero-order chi connectivity index (χ0) is 15.7. The molecule has 20 heavy (non-hydrogen) atoms. The van der Waals surface area contributed by atoms with Crippen molar-refractivity contribution in [2.45, 2.75) is 11.3 Å². The fourth-order valence-electron chi connectivity index (χ4n) is 1.17. The predicted molar refractivity (Wildman–Crippen MR) is 57.2 cm³/mol. The maximum atomic E-state index is 12.1. The zero-order valence-corrected chi connectivity index (χ0v) is 10.9. The molecule has 0 radical (unpaired) electrons. The van der Waals surface area contributed by atoms with Gasteiger partial charge in [0, 0.05) is 10.7 Å². The number of rotatable bonds is 4. The highest BCUT2D eigenvalue weighted by Gasteiger charge is 2.40. The summed E-state index contributed by atoms with van der Waals surface area (Å²) in [5, 5.41) is 10.8. The van der Waals surface area contributed by atoms with Crippen molar-refractivity contribution in [2.75, 3.05) is 7.11 Å². The van der Waals surface area contributed by atoms with Gasteiger partial charge in [-0.2, -0.15) is 0 Å². The molecule has 112 valence electrons. The van der Waals surface area contributed by atoms with Crippen molar-refractivity contribution < 1.29 is 36.0 Å². The monoisotopic (exact) mass is 336 g/mol. The normalized spacial score (nSPS) is 12.1. The Balaban J connectivity index is 3.72.